The minimum atomic E-state index is -0.546. The number of benzene rings is 8. The van der Waals surface area contributed by atoms with Crippen LogP contribution in [-0.2, 0) is 45.4 Å². The fourth-order valence-electron chi connectivity index (χ4n) is 12.0. The number of anilines is 4. The number of amides is 4. The zero-order valence-electron chi connectivity index (χ0n) is 71.2. The Balaban J connectivity index is 0.000000191. The molecule has 0 N–H and O–H groups in total. The maximum Gasteiger partial charge on any atom is 0.243 e. The second-order valence-corrected chi connectivity index (χ2v) is 28.9. The van der Waals surface area contributed by atoms with Gasteiger partial charge in [-0.3, -0.25) is 36.7 Å². The molecule has 4 aromatic heterocycles. The number of para-hydroxylation sites is 2. The van der Waals surface area contributed by atoms with Gasteiger partial charge in [-0.2, -0.15) is 0 Å². The van der Waals surface area contributed by atoms with Crippen LogP contribution in [0.2, 0.25) is 5.02 Å². The number of nitrogens with zero attached hydrogens (tertiary/aromatic N) is 8. The number of carbonyl (C=O) groups is 4. The zero-order chi connectivity index (χ0) is 90.8. The van der Waals surface area contributed by atoms with Gasteiger partial charge >= 0.3 is 0 Å². The first kappa shape index (κ1) is 97.3. The molecule has 0 spiro atoms. The number of alkyl halides is 4. The van der Waals surface area contributed by atoms with Gasteiger partial charge in [-0.05, 0) is 217 Å². The number of rotatable bonds is 40. The van der Waals surface area contributed by atoms with Crippen molar-refractivity contribution < 1.29 is 98.0 Å². The van der Waals surface area contributed by atoms with Crippen LogP contribution in [0.25, 0.3) is 0 Å². The molecule has 0 fully saturated rings. The Morgan fingerprint density at radius 2 is 0.591 bits per heavy atom. The molecule has 8 aromatic carbocycles. The van der Waals surface area contributed by atoms with Gasteiger partial charge < -0.3 is 76.4 Å². The largest absolute Gasteiger partial charge is 0.497 e. The monoisotopic (exact) mass is 1870 g/mol. The van der Waals surface area contributed by atoms with Gasteiger partial charge in [-0.25, -0.2) is 24.3 Å². The van der Waals surface area contributed by atoms with Crippen LogP contribution in [-0.4, -0.2) is 125 Å². The Hall–Kier alpha value is -13.5. The number of hydrogen-bond donors (Lipinski definition) is 0. The smallest absolute Gasteiger partial charge is 0.243 e. The number of methoxy groups -OCH3 is 4. The second kappa shape index (κ2) is 51.7. The van der Waals surface area contributed by atoms with Gasteiger partial charge in [0.1, 0.15) is 86.0 Å². The van der Waals surface area contributed by atoms with Crippen LogP contribution in [0.15, 0.2) is 249 Å². The molecular weight excluding hydrogens is 1780 g/mol. The highest BCUT2D eigenvalue weighted by atomic mass is 127. The fourth-order valence-corrected chi connectivity index (χ4v) is 12.5. The van der Waals surface area contributed by atoms with Gasteiger partial charge in [0, 0.05) is 109 Å². The Bertz CT molecular complexity index is 5320. The van der Waals surface area contributed by atoms with E-state index in [0.29, 0.717) is 127 Å². The first-order valence-electron chi connectivity index (χ1n) is 40.1. The molecule has 12 aromatic rings. The molecule has 0 bridgehead atoms. The van der Waals surface area contributed by atoms with Crippen molar-refractivity contribution in [1.82, 2.24) is 19.9 Å². The Kier molecular flexibility index (Phi) is 39.6. The lowest BCUT2D eigenvalue weighted by molar-refractivity contribution is -0.117. The summed E-state index contributed by atoms with van der Waals surface area (Å²) in [4.78, 5) is 73.7. The van der Waals surface area contributed by atoms with E-state index in [1.165, 1.54) is 62.9 Å². The van der Waals surface area contributed by atoms with Crippen molar-refractivity contribution in [3.8, 4) is 92.5 Å². The van der Waals surface area contributed by atoms with E-state index in [0.717, 1.165) is 14.7 Å². The Labute approximate surface area is 753 Å². The quantitative estimate of drug-likeness (QED) is 0.0197. The third kappa shape index (κ3) is 30.1. The number of pyridine rings is 4. The van der Waals surface area contributed by atoms with Crippen LogP contribution in [0.1, 0.15) is 75.6 Å². The van der Waals surface area contributed by atoms with Gasteiger partial charge in [-0.1, -0.05) is 41.9 Å². The number of ether oxygens (including phenoxy) is 12. The summed E-state index contributed by atoms with van der Waals surface area (Å²) in [7, 11) is 6.23. The van der Waals surface area contributed by atoms with Crippen LogP contribution in [0.4, 0.5) is 44.7 Å². The standard InChI is InChI=1S/C24H24ClFN2O4.C24H24F2N2O4.C24H24FIN2O4.C24H25FN2O4/c1-17(29)28(16-18-15-21(30-2)10-11-23(18)31-14-4-12-26)22-5-3-13-27-24(22)32-20-8-6-19(25)7-9-20;1-17(29)28(16-18-15-19(30-2)10-11-22(18)31-14-6-12-25)21-8-5-13-27-24(21)32-23-9-4-3-7-20(23)26;1-17(29)28(16-18-15-21(30-2)10-11-23(18)31-14-4-12-25)22-5-3-13-27-24(22)32-20-8-6-19(26)7-9-20;1-18(28)27(17-19-16-21(29-2)11-12-23(19)30-15-7-13-25)22-10-6-14-26-24(22)31-20-8-4-3-5-9-20/h3,5-11,13,15H,4,12,14,16H2,1-2H3;3-5,7-11,13,15H,6,12,14,16H2,1-2H3;3,5-11,13,15H,4,12,14,16H2,1-2H3;3-6,8-12,14,16H,7,13,15,17H2,1-2H3. The van der Waals surface area contributed by atoms with Crippen molar-refractivity contribution in [3.63, 3.8) is 0 Å². The van der Waals surface area contributed by atoms with Gasteiger partial charge in [0.15, 0.2) is 11.6 Å². The molecule has 0 radical (unpaired) electrons. The molecule has 31 heteroatoms. The van der Waals surface area contributed by atoms with Crippen LogP contribution in [0.3, 0.4) is 0 Å². The van der Waals surface area contributed by atoms with E-state index in [4.69, 9.17) is 68.4 Å². The van der Waals surface area contributed by atoms with Crippen molar-refractivity contribution in [1.29, 1.82) is 0 Å². The van der Waals surface area contributed by atoms with Crippen LogP contribution < -0.4 is 76.4 Å². The van der Waals surface area contributed by atoms with Gasteiger partial charge in [0.2, 0.25) is 47.1 Å². The first-order chi connectivity index (χ1) is 61.7. The van der Waals surface area contributed by atoms with Crippen molar-refractivity contribution >= 4 is 80.6 Å². The summed E-state index contributed by atoms with van der Waals surface area (Å²) in [6, 6.07) is 64.6. The summed E-state index contributed by atoms with van der Waals surface area (Å²) >= 11 is 8.17. The van der Waals surface area contributed by atoms with Crippen molar-refractivity contribution in [2.45, 2.75) is 79.6 Å². The van der Waals surface area contributed by atoms with E-state index in [-0.39, 0.29) is 107 Å². The molecule has 4 amide bonds. The molecule has 0 saturated heterocycles. The summed E-state index contributed by atoms with van der Waals surface area (Å²) in [5.74, 6) is 5.94. The maximum atomic E-state index is 14.1. The Morgan fingerprint density at radius 3 is 0.874 bits per heavy atom. The highest BCUT2D eigenvalue weighted by Gasteiger charge is 2.27. The van der Waals surface area contributed by atoms with E-state index >= 15 is 0 Å². The van der Waals surface area contributed by atoms with E-state index < -0.39 is 32.5 Å². The molecular formula is C96H97ClF5IN8O16. The second-order valence-electron chi connectivity index (χ2n) is 27.2. The average Bonchev–Trinajstić information content (AvgIpc) is 0.822. The Morgan fingerprint density at radius 1 is 0.323 bits per heavy atom. The number of halogens is 7. The molecule has 0 aliphatic rings. The number of hydrogen-bond acceptors (Lipinski definition) is 20. The highest BCUT2D eigenvalue weighted by molar-refractivity contribution is 14.1. The molecule has 666 valence electrons. The predicted molar refractivity (Wildman–Crippen MR) is 484 cm³/mol. The molecule has 0 aliphatic heterocycles. The summed E-state index contributed by atoms with van der Waals surface area (Å²) in [5, 5.41) is 0.585. The summed E-state index contributed by atoms with van der Waals surface area (Å²) in [6.07, 6.45) is 7.42. The summed E-state index contributed by atoms with van der Waals surface area (Å²) in [6.45, 7) is 5.55. The van der Waals surface area contributed by atoms with Crippen LogP contribution in [0, 0.1) is 9.39 Å². The molecule has 127 heavy (non-hydrogen) atoms. The van der Waals surface area contributed by atoms with Crippen LogP contribution in [0.5, 0.6) is 92.5 Å². The molecule has 24 nitrogen and oxygen atoms in total. The van der Waals surface area contributed by atoms with E-state index in [1.54, 1.807) is 207 Å². The molecule has 0 unspecified atom stereocenters. The summed E-state index contributed by atoms with van der Waals surface area (Å²) < 4.78 is 133. The van der Waals surface area contributed by atoms with E-state index in [9.17, 15) is 41.1 Å². The van der Waals surface area contributed by atoms with Gasteiger partial charge in [0.05, 0.1) is 108 Å². The number of carbonyl (C=O) groups excluding carboxylic acids is 4. The lowest BCUT2D eigenvalue weighted by Gasteiger charge is -2.24. The van der Waals surface area contributed by atoms with E-state index in [2.05, 4.69) is 42.5 Å². The van der Waals surface area contributed by atoms with Crippen molar-refractivity contribution in [2.75, 3.05) is 101 Å². The van der Waals surface area contributed by atoms with Crippen molar-refractivity contribution in [3.05, 3.63) is 286 Å². The van der Waals surface area contributed by atoms with Crippen LogP contribution >= 0.6 is 34.2 Å². The topological polar surface area (TPSA) is 244 Å². The molecule has 0 saturated carbocycles. The summed E-state index contributed by atoms with van der Waals surface area (Å²) in [5.41, 5.74) is 4.71. The maximum absolute atomic E-state index is 14.1. The van der Waals surface area contributed by atoms with Gasteiger partial charge in [-0.15, -0.1) is 0 Å². The first-order valence-corrected chi connectivity index (χ1v) is 41.5. The number of aromatic nitrogens is 4. The molecule has 4 heterocycles. The lowest BCUT2D eigenvalue weighted by Crippen LogP contribution is -2.28. The lowest BCUT2D eigenvalue weighted by atomic mass is 10.1. The fraction of sp³-hybridized carbons (Fsp3) is 0.250. The van der Waals surface area contributed by atoms with E-state index in [1.807, 2.05) is 54.6 Å². The minimum absolute atomic E-state index is 0.00687. The minimum Gasteiger partial charge on any atom is -0.497 e. The predicted octanol–water partition coefficient (Wildman–Crippen LogP) is 22.1. The third-order valence-corrected chi connectivity index (χ3v) is 19.2. The SMILES string of the molecule is COc1ccc(OCCCF)c(CN(C(C)=O)c2cccnc2Oc2ccc(Cl)cc2)c1.COc1ccc(OCCCF)c(CN(C(C)=O)c2cccnc2Oc2ccc(I)cc2)c1.COc1ccc(OCCCF)c(CN(C(C)=O)c2cccnc2Oc2ccccc2)c1.COc1ccc(OCCCF)c(CN(C(C)=O)c2cccnc2Oc2ccccc2F)c1. The zero-order valence-corrected chi connectivity index (χ0v) is 74.2. The third-order valence-electron chi connectivity index (χ3n) is 18.3. The van der Waals surface area contributed by atoms with Gasteiger partial charge in [0.25, 0.3) is 0 Å². The average molecular weight is 1880 g/mol. The molecule has 0 atom stereocenters. The highest BCUT2D eigenvalue weighted by Crippen LogP contribution is 2.40. The normalized spacial score (nSPS) is 10.5. The van der Waals surface area contributed by atoms with Crippen molar-refractivity contribution in [2.24, 2.45) is 0 Å². The molecule has 0 aliphatic carbocycles. The molecule has 12 rings (SSSR count).